The van der Waals surface area contributed by atoms with Crippen molar-refractivity contribution < 1.29 is 19.4 Å². The van der Waals surface area contributed by atoms with Crippen LogP contribution in [0.25, 0.3) is 0 Å². The number of carbonyl (C=O) groups is 1. The first-order valence-corrected chi connectivity index (χ1v) is 3.80. The number of carbonyl (C=O) groups excluding carboxylic acids is 1. The molecule has 73 valence electrons. The van der Waals surface area contributed by atoms with Crippen LogP contribution in [0.5, 0.6) is 5.75 Å². The number of carboxylic acids is 1. The average Bonchev–Trinajstić information content (AvgIpc) is 2.17. The maximum Gasteiger partial charge on any atom is 0.341 e. The molecule has 0 aromatic heterocycles. The smallest absolute Gasteiger partial charge is 0.341 e. The molecule has 1 aromatic carbocycles. The van der Waals surface area contributed by atoms with Crippen LogP contribution in [0.3, 0.4) is 0 Å². The average molecular weight is 194 g/mol. The molecule has 0 aliphatic carbocycles. The Morgan fingerprint density at radius 1 is 1.43 bits per heavy atom. The quantitative estimate of drug-likeness (QED) is 0.674. The van der Waals surface area contributed by atoms with E-state index in [0.29, 0.717) is 11.4 Å². The summed E-state index contributed by atoms with van der Waals surface area (Å²) in [5.41, 5.74) is 0.572. The van der Waals surface area contributed by atoms with E-state index in [0.717, 1.165) is 0 Å². The van der Waals surface area contributed by atoms with Crippen LogP contribution in [0.15, 0.2) is 24.3 Å². The molecular weight excluding hydrogens is 186 g/mol. The number of anilines is 1. The summed E-state index contributed by atoms with van der Waals surface area (Å²) >= 11 is 0. The second-order valence-corrected chi connectivity index (χ2v) is 2.43. The molecule has 0 fully saturated rings. The fourth-order valence-electron chi connectivity index (χ4n) is 0.838. The monoisotopic (exact) mass is 194 g/mol. The molecule has 0 heterocycles. The fourth-order valence-corrected chi connectivity index (χ4v) is 0.838. The van der Waals surface area contributed by atoms with Gasteiger partial charge in [0.05, 0.1) is 0 Å². The van der Waals surface area contributed by atoms with Gasteiger partial charge < -0.3 is 15.2 Å². The van der Waals surface area contributed by atoms with E-state index < -0.39 is 5.97 Å². The molecule has 0 aliphatic rings. The zero-order chi connectivity index (χ0) is 10.4. The maximum absolute atomic E-state index is 10.2. The summed E-state index contributed by atoms with van der Waals surface area (Å²) in [5.74, 6) is -0.600. The molecule has 1 radical (unpaired) electrons. The molecule has 1 aromatic rings. The van der Waals surface area contributed by atoms with Crippen LogP contribution in [0.4, 0.5) is 5.69 Å². The van der Waals surface area contributed by atoms with Crippen molar-refractivity contribution in [2.45, 2.75) is 0 Å². The molecule has 0 saturated heterocycles. The first kappa shape index (κ1) is 10.0. The molecule has 1 amide bonds. The van der Waals surface area contributed by atoms with Crippen LogP contribution in [0.2, 0.25) is 0 Å². The molecule has 5 nitrogen and oxygen atoms in total. The highest BCUT2D eigenvalue weighted by Gasteiger charge is 1.98. The Kier molecular flexibility index (Phi) is 3.49. The topological polar surface area (TPSA) is 75.6 Å². The van der Waals surface area contributed by atoms with Crippen LogP contribution >= 0.6 is 0 Å². The summed E-state index contributed by atoms with van der Waals surface area (Å²) in [7, 11) is 0. The largest absolute Gasteiger partial charge is 0.482 e. The number of aliphatic carboxylic acids is 1. The van der Waals surface area contributed by atoms with Gasteiger partial charge >= 0.3 is 12.4 Å². The predicted octanol–water partition coefficient (Wildman–Crippen LogP) is 0.629. The Bertz CT molecular complexity index is 320. The third-order valence-corrected chi connectivity index (χ3v) is 1.41. The highest BCUT2D eigenvalue weighted by molar-refractivity contribution is 5.72. The molecular formula is C9H8NO4. The normalized spacial score (nSPS) is 9.14. The van der Waals surface area contributed by atoms with Crippen molar-refractivity contribution in [1.29, 1.82) is 0 Å². The first-order chi connectivity index (χ1) is 6.72. The van der Waals surface area contributed by atoms with E-state index in [-0.39, 0.29) is 6.61 Å². The van der Waals surface area contributed by atoms with E-state index >= 15 is 0 Å². The molecule has 14 heavy (non-hydrogen) atoms. The third kappa shape index (κ3) is 3.14. The van der Waals surface area contributed by atoms with E-state index in [2.05, 4.69) is 5.32 Å². The minimum Gasteiger partial charge on any atom is -0.482 e. The number of carboxylic acid groups (broad SMARTS) is 1. The van der Waals surface area contributed by atoms with Gasteiger partial charge in [-0.15, -0.1) is 0 Å². The summed E-state index contributed by atoms with van der Waals surface area (Å²) < 4.78 is 4.87. The van der Waals surface area contributed by atoms with Gasteiger partial charge in [-0.25, -0.2) is 4.79 Å². The minimum absolute atomic E-state index is 0.382. The van der Waals surface area contributed by atoms with Crippen molar-refractivity contribution in [3.63, 3.8) is 0 Å². The molecule has 0 unspecified atom stereocenters. The Balaban J connectivity index is 2.54. The van der Waals surface area contributed by atoms with Gasteiger partial charge in [0.25, 0.3) is 0 Å². The highest BCUT2D eigenvalue weighted by atomic mass is 16.5. The van der Waals surface area contributed by atoms with Crippen LogP contribution in [-0.2, 0) is 9.59 Å². The van der Waals surface area contributed by atoms with Crippen LogP contribution in [-0.4, -0.2) is 24.1 Å². The van der Waals surface area contributed by atoms with Crippen LogP contribution in [0, 0.1) is 0 Å². The van der Waals surface area contributed by atoms with Gasteiger partial charge in [-0.3, -0.25) is 4.79 Å². The molecule has 5 heteroatoms. The van der Waals surface area contributed by atoms with Crippen LogP contribution < -0.4 is 10.1 Å². The summed E-state index contributed by atoms with van der Waals surface area (Å²) in [6.07, 6.45) is 1.52. The minimum atomic E-state index is -1.03. The van der Waals surface area contributed by atoms with E-state index in [1.165, 1.54) is 6.41 Å². The van der Waals surface area contributed by atoms with Gasteiger partial charge in [-0.1, -0.05) is 0 Å². The van der Waals surface area contributed by atoms with Gasteiger partial charge in [0.1, 0.15) is 5.75 Å². The Labute approximate surface area is 80.3 Å². The van der Waals surface area contributed by atoms with Crippen molar-refractivity contribution in [2.24, 2.45) is 0 Å². The van der Waals surface area contributed by atoms with Gasteiger partial charge in [0.15, 0.2) is 6.61 Å². The lowest BCUT2D eigenvalue weighted by Gasteiger charge is -2.03. The molecule has 0 spiro atoms. The van der Waals surface area contributed by atoms with Crippen molar-refractivity contribution in [3.8, 4) is 5.75 Å². The van der Waals surface area contributed by atoms with Crippen molar-refractivity contribution in [3.05, 3.63) is 24.3 Å². The standard InChI is InChI=1S/C9H8NO4/c11-6-10-7-1-3-8(4-2-7)14-5-9(12)13/h1-4H,5H2,(H,10,11)(H,12,13). The van der Waals surface area contributed by atoms with E-state index in [1.54, 1.807) is 24.3 Å². The van der Waals surface area contributed by atoms with Gasteiger partial charge in [0, 0.05) is 5.69 Å². The number of benzene rings is 1. The first-order valence-electron chi connectivity index (χ1n) is 3.80. The van der Waals surface area contributed by atoms with Crippen molar-refractivity contribution >= 4 is 18.1 Å². The Morgan fingerprint density at radius 2 is 2.07 bits per heavy atom. The number of ether oxygens (including phenoxy) is 1. The number of hydrogen-bond acceptors (Lipinski definition) is 3. The molecule has 0 atom stereocenters. The summed E-state index contributed by atoms with van der Waals surface area (Å²) in [5, 5.41) is 10.6. The predicted molar refractivity (Wildman–Crippen MR) is 48.9 cm³/mol. The molecule has 2 N–H and O–H groups in total. The Hall–Kier alpha value is -2.04. The van der Waals surface area contributed by atoms with E-state index in [4.69, 9.17) is 9.84 Å². The maximum atomic E-state index is 10.2. The lowest BCUT2D eigenvalue weighted by atomic mass is 10.3. The van der Waals surface area contributed by atoms with Gasteiger partial charge in [-0.05, 0) is 24.3 Å². The second kappa shape index (κ2) is 4.86. The number of hydrogen-bond donors (Lipinski definition) is 2. The number of rotatable bonds is 5. The van der Waals surface area contributed by atoms with Gasteiger partial charge in [-0.2, -0.15) is 0 Å². The fraction of sp³-hybridized carbons (Fsp3) is 0.111. The highest BCUT2D eigenvalue weighted by Crippen LogP contribution is 2.14. The van der Waals surface area contributed by atoms with E-state index in [1.807, 2.05) is 0 Å². The van der Waals surface area contributed by atoms with Gasteiger partial charge in [0.2, 0.25) is 0 Å². The van der Waals surface area contributed by atoms with E-state index in [9.17, 15) is 9.59 Å². The summed E-state index contributed by atoms with van der Waals surface area (Å²) in [4.78, 5) is 20.1. The third-order valence-electron chi connectivity index (χ3n) is 1.41. The summed E-state index contributed by atoms with van der Waals surface area (Å²) in [6.45, 7) is -0.382. The molecule has 0 aliphatic heterocycles. The molecule has 0 bridgehead atoms. The molecule has 1 rings (SSSR count). The zero-order valence-corrected chi connectivity index (χ0v) is 7.19. The summed E-state index contributed by atoms with van der Waals surface area (Å²) in [6, 6.07) is 6.29. The Morgan fingerprint density at radius 3 is 2.57 bits per heavy atom. The molecule has 0 saturated carbocycles. The SMILES string of the molecule is O=[C]Nc1ccc(OCC(=O)O)cc1. The second-order valence-electron chi connectivity index (χ2n) is 2.43. The van der Waals surface area contributed by atoms with Crippen molar-refractivity contribution in [2.75, 3.05) is 11.9 Å². The van der Waals surface area contributed by atoms with Crippen LogP contribution in [0.1, 0.15) is 0 Å². The lowest BCUT2D eigenvalue weighted by molar-refractivity contribution is -0.139. The number of nitrogens with one attached hydrogen (secondary N) is 1. The van der Waals surface area contributed by atoms with Crippen molar-refractivity contribution in [1.82, 2.24) is 0 Å². The number of amides is 1. The zero-order valence-electron chi connectivity index (χ0n) is 7.19. The lowest BCUT2D eigenvalue weighted by Crippen LogP contribution is -2.09.